The Kier molecular flexibility index (Phi) is 7.41. The molecule has 0 aliphatic carbocycles. The van der Waals surface area contributed by atoms with Crippen LogP contribution in [0.3, 0.4) is 0 Å². The lowest BCUT2D eigenvalue weighted by Gasteiger charge is -2.19. The fraction of sp³-hybridized carbons (Fsp3) is 0.350. The average molecular weight is 343 g/mol. The van der Waals surface area contributed by atoms with Crippen molar-refractivity contribution in [2.75, 3.05) is 27.2 Å². The first-order chi connectivity index (χ1) is 12.1. The second kappa shape index (κ2) is 9.79. The van der Waals surface area contributed by atoms with Gasteiger partial charge in [-0.2, -0.15) is 0 Å². The maximum absolute atomic E-state index is 13.1. The zero-order valence-electron chi connectivity index (χ0n) is 15.1. The van der Waals surface area contributed by atoms with Crippen molar-refractivity contribution in [2.24, 2.45) is 4.99 Å². The highest BCUT2D eigenvalue weighted by Crippen LogP contribution is 2.14. The molecule has 0 spiro atoms. The van der Waals surface area contributed by atoms with E-state index in [1.807, 2.05) is 43.3 Å². The summed E-state index contributed by atoms with van der Waals surface area (Å²) in [5.41, 5.74) is 3.21. The number of methoxy groups -OCH3 is 1. The van der Waals surface area contributed by atoms with Crippen LogP contribution in [-0.4, -0.2) is 33.2 Å². The Morgan fingerprint density at radius 1 is 1.16 bits per heavy atom. The van der Waals surface area contributed by atoms with Crippen LogP contribution in [0.5, 0.6) is 0 Å². The van der Waals surface area contributed by atoms with Crippen molar-refractivity contribution >= 4 is 5.96 Å². The molecule has 2 rings (SSSR count). The SMILES string of the molecule is CN=C(NCCc1ccc(F)cc1C)NCC(OC)c1ccccc1. The van der Waals surface area contributed by atoms with E-state index < -0.39 is 0 Å². The minimum absolute atomic E-state index is 0.0425. The van der Waals surface area contributed by atoms with Crippen LogP contribution >= 0.6 is 0 Å². The van der Waals surface area contributed by atoms with Gasteiger partial charge < -0.3 is 15.4 Å². The van der Waals surface area contributed by atoms with Crippen LogP contribution in [0.4, 0.5) is 4.39 Å². The number of aliphatic imine (C=N–C) groups is 1. The third kappa shape index (κ3) is 5.87. The fourth-order valence-electron chi connectivity index (χ4n) is 2.67. The molecule has 0 bridgehead atoms. The van der Waals surface area contributed by atoms with Crippen molar-refractivity contribution in [1.29, 1.82) is 0 Å². The fourth-order valence-corrected chi connectivity index (χ4v) is 2.67. The molecule has 0 aromatic heterocycles. The van der Waals surface area contributed by atoms with E-state index in [1.165, 1.54) is 6.07 Å². The maximum atomic E-state index is 13.1. The summed E-state index contributed by atoms with van der Waals surface area (Å²) in [6.07, 6.45) is 0.762. The summed E-state index contributed by atoms with van der Waals surface area (Å²) in [7, 11) is 3.44. The van der Waals surface area contributed by atoms with Crippen molar-refractivity contribution in [3.63, 3.8) is 0 Å². The molecule has 5 heteroatoms. The van der Waals surface area contributed by atoms with Gasteiger partial charge in [0.15, 0.2) is 5.96 Å². The van der Waals surface area contributed by atoms with E-state index in [4.69, 9.17) is 4.74 Å². The normalized spacial score (nSPS) is 12.7. The molecule has 0 radical (unpaired) electrons. The summed E-state index contributed by atoms with van der Waals surface area (Å²) < 4.78 is 18.7. The number of nitrogens with zero attached hydrogens (tertiary/aromatic N) is 1. The molecule has 2 N–H and O–H groups in total. The largest absolute Gasteiger partial charge is 0.375 e. The Bertz CT molecular complexity index is 689. The minimum atomic E-state index is -0.196. The molecular formula is C20H26FN3O. The van der Waals surface area contributed by atoms with E-state index in [0.717, 1.165) is 35.6 Å². The molecule has 0 aliphatic heterocycles. The number of benzene rings is 2. The molecule has 25 heavy (non-hydrogen) atoms. The van der Waals surface area contributed by atoms with E-state index in [1.54, 1.807) is 20.2 Å². The molecule has 134 valence electrons. The quantitative estimate of drug-likeness (QED) is 0.599. The number of aryl methyl sites for hydroxylation is 1. The van der Waals surface area contributed by atoms with Gasteiger partial charge in [0.05, 0.1) is 6.10 Å². The highest BCUT2D eigenvalue weighted by molar-refractivity contribution is 5.79. The number of guanidine groups is 1. The summed E-state index contributed by atoms with van der Waals surface area (Å²) in [5, 5.41) is 6.56. The van der Waals surface area contributed by atoms with Crippen LogP contribution in [0.2, 0.25) is 0 Å². The van der Waals surface area contributed by atoms with Gasteiger partial charge in [0, 0.05) is 27.2 Å². The van der Waals surface area contributed by atoms with Gasteiger partial charge in [0.2, 0.25) is 0 Å². The van der Waals surface area contributed by atoms with Crippen LogP contribution < -0.4 is 10.6 Å². The molecule has 0 amide bonds. The number of halogens is 1. The highest BCUT2D eigenvalue weighted by Gasteiger charge is 2.10. The first-order valence-corrected chi connectivity index (χ1v) is 8.41. The Morgan fingerprint density at radius 2 is 1.92 bits per heavy atom. The van der Waals surface area contributed by atoms with Crippen LogP contribution in [0.25, 0.3) is 0 Å². The summed E-state index contributed by atoms with van der Waals surface area (Å²) in [6, 6.07) is 15.0. The van der Waals surface area contributed by atoms with E-state index in [9.17, 15) is 4.39 Å². The summed E-state index contributed by atoms with van der Waals surface area (Å²) >= 11 is 0. The summed E-state index contributed by atoms with van der Waals surface area (Å²) in [6.45, 7) is 3.26. The molecule has 0 fully saturated rings. The van der Waals surface area contributed by atoms with Crippen molar-refractivity contribution < 1.29 is 9.13 Å². The van der Waals surface area contributed by atoms with Gasteiger partial charge >= 0.3 is 0 Å². The van der Waals surface area contributed by atoms with E-state index in [-0.39, 0.29) is 11.9 Å². The van der Waals surface area contributed by atoms with Crippen molar-refractivity contribution in [3.05, 3.63) is 71.0 Å². The van der Waals surface area contributed by atoms with Crippen molar-refractivity contribution in [1.82, 2.24) is 10.6 Å². The van der Waals surface area contributed by atoms with Gasteiger partial charge in [-0.3, -0.25) is 4.99 Å². The third-order valence-electron chi connectivity index (χ3n) is 4.13. The van der Waals surface area contributed by atoms with Gasteiger partial charge in [-0.05, 0) is 42.2 Å². The third-order valence-corrected chi connectivity index (χ3v) is 4.13. The molecule has 0 saturated carbocycles. The van der Waals surface area contributed by atoms with E-state index >= 15 is 0 Å². The number of rotatable bonds is 7. The molecular weight excluding hydrogens is 317 g/mol. The van der Waals surface area contributed by atoms with Gasteiger partial charge in [0.25, 0.3) is 0 Å². The Labute approximate surface area is 149 Å². The zero-order chi connectivity index (χ0) is 18.1. The first-order valence-electron chi connectivity index (χ1n) is 8.41. The predicted molar refractivity (Wildman–Crippen MR) is 100 cm³/mol. The average Bonchev–Trinajstić information content (AvgIpc) is 2.63. The second-order valence-corrected chi connectivity index (χ2v) is 5.84. The van der Waals surface area contributed by atoms with Gasteiger partial charge in [-0.25, -0.2) is 4.39 Å². The van der Waals surface area contributed by atoms with Crippen LogP contribution in [-0.2, 0) is 11.2 Å². The molecule has 1 unspecified atom stereocenters. The molecule has 2 aromatic rings. The summed E-state index contributed by atoms with van der Waals surface area (Å²) in [5.74, 6) is 0.524. The molecule has 1 atom stereocenters. The standard InChI is InChI=1S/C20H26FN3O/c1-15-13-18(21)10-9-16(15)11-12-23-20(22-2)24-14-19(25-3)17-7-5-4-6-8-17/h4-10,13,19H,11-12,14H2,1-3H3,(H2,22,23,24). The molecule has 0 saturated heterocycles. The van der Waals surface area contributed by atoms with Gasteiger partial charge in [-0.1, -0.05) is 36.4 Å². The molecule has 0 heterocycles. The lowest BCUT2D eigenvalue weighted by atomic mass is 10.1. The van der Waals surface area contributed by atoms with Crippen LogP contribution in [0.15, 0.2) is 53.5 Å². The monoisotopic (exact) mass is 343 g/mol. The molecule has 4 nitrogen and oxygen atoms in total. The first kappa shape index (κ1) is 18.9. The van der Waals surface area contributed by atoms with E-state index in [0.29, 0.717) is 6.54 Å². The molecule has 0 aliphatic rings. The Morgan fingerprint density at radius 3 is 2.56 bits per heavy atom. The molecule has 2 aromatic carbocycles. The van der Waals surface area contributed by atoms with Crippen molar-refractivity contribution in [3.8, 4) is 0 Å². The highest BCUT2D eigenvalue weighted by atomic mass is 19.1. The lowest BCUT2D eigenvalue weighted by molar-refractivity contribution is 0.106. The topological polar surface area (TPSA) is 45.7 Å². The predicted octanol–water partition coefficient (Wildman–Crippen LogP) is 3.23. The van der Waals surface area contributed by atoms with Crippen LogP contribution in [0.1, 0.15) is 22.8 Å². The number of hydrogen-bond acceptors (Lipinski definition) is 2. The lowest BCUT2D eigenvalue weighted by Crippen LogP contribution is -2.40. The maximum Gasteiger partial charge on any atom is 0.191 e. The number of ether oxygens (including phenoxy) is 1. The zero-order valence-corrected chi connectivity index (χ0v) is 15.1. The second-order valence-electron chi connectivity index (χ2n) is 5.84. The number of nitrogens with one attached hydrogen (secondary N) is 2. The minimum Gasteiger partial charge on any atom is -0.375 e. The van der Waals surface area contributed by atoms with E-state index in [2.05, 4.69) is 15.6 Å². The summed E-state index contributed by atoms with van der Waals surface area (Å²) in [4.78, 5) is 4.23. The van der Waals surface area contributed by atoms with Crippen molar-refractivity contribution in [2.45, 2.75) is 19.4 Å². The Hall–Kier alpha value is -2.40. The van der Waals surface area contributed by atoms with Gasteiger partial charge in [0.1, 0.15) is 5.82 Å². The Balaban J connectivity index is 1.82. The van der Waals surface area contributed by atoms with Crippen LogP contribution in [0, 0.1) is 12.7 Å². The number of hydrogen-bond donors (Lipinski definition) is 2. The smallest absolute Gasteiger partial charge is 0.191 e. The van der Waals surface area contributed by atoms with Gasteiger partial charge in [-0.15, -0.1) is 0 Å².